The van der Waals surface area contributed by atoms with Crippen molar-refractivity contribution < 1.29 is 23.5 Å². The minimum atomic E-state index is -0.433. The molecule has 0 spiro atoms. The first-order valence-corrected chi connectivity index (χ1v) is 10.3. The number of ether oxygens (including phenoxy) is 2. The van der Waals surface area contributed by atoms with E-state index in [0.717, 1.165) is 17.7 Å². The summed E-state index contributed by atoms with van der Waals surface area (Å²) in [5.74, 6) is 0.279. The smallest absolute Gasteiger partial charge is 0.282 e. The van der Waals surface area contributed by atoms with E-state index >= 15 is 0 Å². The van der Waals surface area contributed by atoms with Crippen LogP contribution in [0.4, 0.5) is 10.1 Å². The van der Waals surface area contributed by atoms with E-state index < -0.39 is 11.7 Å². The van der Waals surface area contributed by atoms with Crippen LogP contribution in [0.5, 0.6) is 11.5 Å². The Bertz CT molecular complexity index is 1040. The number of hydrogen-bond donors (Lipinski definition) is 0. The maximum Gasteiger partial charge on any atom is 0.282 e. The van der Waals surface area contributed by atoms with Gasteiger partial charge >= 0.3 is 0 Å². The van der Waals surface area contributed by atoms with Gasteiger partial charge in [0.1, 0.15) is 11.5 Å². The number of imide groups is 1. The highest BCUT2D eigenvalue weighted by molar-refractivity contribution is 6.45. The predicted molar refractivity (Wildman–Crippen MR) is 115 cm³/mol. The summed E-state index contributed by atoms with van der Waals surface area (Å²) >= 11 is 0. The molecule has 2 heterocycles. The van der Waals surface area contributed by atoms with Gasteiger partial charge in [-0.15, -0.1) is 0 Å². The summed E-state index contributed by atoms with van der Waals surface area (Å²) in [6.45, 7) is 3.57. The largest absolute Gasteiger partial charge is 0.493 e. The number of carbonyl (C=O) groups excluding carboxylic acids is 2. The van der Waals surface area contributed by atoms with Gasteiger partial charge in [-0.3, -0.25) is 9.59 Å². The molecular weight excluding hydrogens is 399 g/mol. The van der Waals surface area contributed by atoms with Crippen LogP contribution in [-0.4, -0.2) is 44.0 Å². The number of halogens is 1. The first kappa shape index (κ1) is 20.9. The van der Waals surface area contributed by atoms with Gasteiger partial charge in [-0.1, -0.05) is 19.1 Å². The Morgan fingerprint density at radius 2 is 1.55 bits per heavy atom. The number of amides is 2. The van der Waals surface area contributed by atoms with Gasteiger partial charge in [-0.05, 0) is 48.6 Å². The van der Waals surface area contributed by atoms with Crippen LogP contribution in [0.3, 0.4) is 0 Å². The quantitative estimate of drug-likeness (QED) is 0.683. The Balaban J connectivity index is 1.79. The van der Waals surface area contributed by atoms with E-state index in [9.17, 15) is 14.0 Å². The molecule has 0 atom stereocenters. The molecule has 0 bridgehead atoms. The number of nitrogens with zero attached hydrogens (tertiary/aromatic N) is 2. The molecule has 0 aromatic heterocycles. The summed E-state index contributed by atoms with van der Waals surface area (Å²) in [7, 11) is 3.02. The number of piperidine rings is 1. The van der Waals surface area contributed by atoms with Gasteiger partial charge in [0.05, 0.1) is 25.5 Å². The molecule has 31 heavy (non-hydrogen) atoms. The minimum Gasteiger partial charge on any atom is -0.493 e. The molecule has 0 aliphatic carbocycles. The molecule has 6 nitrogen and oxygen atoms in total. The molecule has 1 saturated heterocycles. The van der Waals surface area contributed by atoms with E-state index in [2.05, 4.69) is 6.92 Å². The van der Waals surface area contributed by atoms with Crippen molar-refractivity contribution in [1.82, 2.24) is 4.90 Å². The summed E-state index contributed by atoms with van der Waals surface area (Å²) in [5.41, 5.74) is 1.59. The van der Waals surface area contributed by atoms with Crippen molar-refractivity contribution in [3.8, 4) is 11.5 Å². The number of likely N-dealkylation sites (tertiary alicyclic amines) is 1. The highest BCUT2D eigenvalue weighted by Crippen LogP contribution is 2.39. The van der Waals surface area contributed by atoms with Crippen LogP contribution >= 0.6 is 0 Å². The fraction of sp³-hybridized carbons (Fsp3) is 0.333. The fourth-order valence-corrected chi connectivity index (χ4v) is 4.12. The van der Waals surface area contributed by atoms with E-state index in [1.165, 1.54) is 26.4 Å². The number of benzene rings is 2. The number of methoxy groups -OCH3 is 2. The van der Waals surface area contributed by atoms with Gasteiger partial charge in [0.15, 0.2) is 11.5 Å². The number of hydrogen-bond acceptors (Lipinski definition) is 5. The molecule has 4 rings (SSSR count). The highest BCUT2D eigenvalue weighted by atomic mass is 19.1. The molecular formula is C24H25FN2O4. The minimum absolute atomic E-state index is 0.300. The van der Waals surface area contributed by atoms with E-state index in [4.69, 9.17) is 9.47 Å². The molecule has 2 aromatic carbocycles. The zero-order chi connectivity index (χ0) is 22.1. The normalized spacial score (nSPS) is 17.5. The second-order valence-electron chi connectivity index (χ2n) is 7.89. The molecule has 2 aliphatic heterocycles. The maximum atomic E-state index is 13.6. The molecule has 7 heteroatoms. The Hall–Kier alpha value is -3.35. The third-order valence-corrected chi connectivity index (χ3v) is 5.92. The first-order chi connectivity index (χ1) is 14.9. The molecule has 0 saturated carbocycles. The van der Waals surface area contributed by atoms with Gasteiger partial charge in [0, 0.05) is 19.2 Å². The zero-order valence-corrected chi connectivity index (χ0v) is 17.9. The Morgan fingerprint density at radius 1 is 0.903 bits per heavy atom. The number of carbonyl (C=O) groups is 2. The lowest BCUT2D eigenvalue weighted by atomic mass is 9.97. The lowest BCUT2D eigenvalue weighted by molar-refractivity contribution is -0.120. The average Bonchev–Trinajstić information content (AvgIpc) is 3.04. The van der Waals surface area contributed by atoms with E-state index in [1.807, 2.05) is 4.90 Å². The summed E-state index contributed by atoms with van der Waals surface area (Å²) in [4.78, 5) is 30.2. The molecule has 0 radical (unpaired) electrons. The molecule has 2 aromatic rings. The fourth-order valence-electron chi connectivity index (χ4n) is 4.12. The van der Waals surface area contributed by atoms with E-state index in [-0.39, 0.29) is 5.91 Å². The van der Waals surface area contributed by atoms with Gasteiger partial charge in [-0.2, -0.15) is 0 Å². The van der Waals surface area contributed by atoms with Crippen molar-refractivity contribution >= 4 is 23.1 Å². The SMILES string of the molecule is COc1ccc(N2C(=O)C(c3ccc(F)cc3)=C(N3CCC(C)CC3)C2=O)cc1OC. The van der Waals surface area contributed by atoms with Crippen LogP contribution < -0.4 is 14.4 Å². The van der Waals surface area contributed by atoms with Crippen LogP contribution in [0.25, 0.3) is 5.57 Å². The molecule has 0 unspecified atom stereocenters. The zero-order valence-electron chi connectivity index (χ0n) is 17.9. The molecule has 1 fully saturated rings. The molecule has 162 valence electrons. The lowest BCUT2D eigenvalue weighted by Gasteiger charge is -2.32. The monoisotopic (exact) mass is 424 g/mol. The Kier molecular flexibility index (Phi) is 5.67. The van der Waals surface area contributed by atoms with Gasteiger partial charge < -0.3 is 14.4 Å². The summed E-state index contributed by atoms with van der Waals surface area (Å²) < 4.78 is 24.1. The van der Waals surface area contributed by atoms with Gasteiger partial charge in [-0.25, -0.2) is 9.29 Å². The molecule has 0 N–H and O–H groups in total. The number of rotatable bonds is 5. The van der Waals surface area contributed by atoms with Gasteiger partial charge in [0.25, 0.3) is 11.8 Å². The summed E-state index contributed by atoms with van der Waals surface area (Å²) in [5, 5.41) is 0. The van der Waals surface area contributed by atoms with Crippen molar-refractivity contribution in [2.45, 2.75) is 19.8 Å². The average molecular weight is 424 g/mol. The second kappa shape index (κ2) is 8.41. The van der Waals surface area contributed by atoms with Crippen LogP contribution in [0.1, 0.15) is 25.3 Å². The third kappa shape index (κ3) is 3.76. The second-order valence-corrected chi connectivity index (χ2v) is 7.89. The standard InChI is InChI=1S/C24H25FN2O4/c1-15-10-12-26(13-11-15)22-21(16-4-6-17(25)7-5-16)23(28)27(24(22)29)18-8-9-19(30-2)20(14-18)31-3/h4-9,14-15H,10-13H2,1-3H3. The Labute approximate surface area is 180 Å². The summed E-state index contributed by atoms with van der Waals surface area (Å²) in [6, 6.07) is 10.6. The predicted octanol–water partition coefficient (Wildman–Crippen LogP) is 3.86. The lowest BCUT2D eigenvalue weighted by Crippen LogP contribution is -2.38. The van der Waals surface area contributed by atoms with E-state index in [1.54, 1.807) is 30.3 Å². The molecule has 2 aliphatic rings. The van der Waals surface area contributed by atoms with Crippen LogP contribution in [0, 0.1) is 11.7 Å². The van der Waals surface area contributed by atoms with Gasteiger partial charge in [0.2, 0.25) is 0 Å². The third-order valence-electron chi connectivity index (χ3n) is 5.92. The van der Waals surface area contributed by atoms with Crippen LogP contribution in [0.2, 0.25) is 0 Å². The topological polar surface area (TPSA) is 59.1 Å². The van der Waals surface area contributed by atoms with Crippen molar-refractivity contribution in [1.29, 1.82) is 0 Å². The number of anilines is 1. The van der Waals surface area contributed by atoms with Crippen molar-refractivity contribution in [2.24, 2.45) is 5.92 Å². The van der Waals surface area contributed by atoms with Crippen molar-refractivity contribution in [3.63, 3.8) is 0 Å². The van der Waals surface area contributed by atoms with Crippen molar-refractivity contribution in [3.05, 3.63) is 59.5 Å². The summed E-state index contributed by atoms with van der Waals surface area (Å²) in [6.07, 6.45) is 1.88. The maximum absolute atomic E-state index is 13.6. The highest BCUT2D eigenvalue weighted by Gasteiger charge is 2.43. The Morgan fingerprint density at radius 3 is 2.16 bits per heavy atom. The van der Waals surface area contributed by atoms with E-state index in [0.29, 0.717) is 53.0 Å². The molecule has 2 amide bonds. The van der Waals surface area contributed by atoms with Crippen molar-refractivity contribution in [2.75, 3.05) is 32.2 Å². The van der Waals surface area contributed by atoms with Crippen LogP contribution in [-0.2, 0) is 9.59 Å². The first-order valence-electron chi connectivity index (χ1n) is 10.3. The van der Waals surface area contributed by atoms with Crippen LogP contribution in [0.15, 0.2) is 48.2 Å².